The number of amides is 1. The van der Waals surface area contributed by atoms with Crippen molar-refractivity contribution >= 4 is 16.7 Å². The minimum atomic E-state index is -0.279. The van der Waals surface area contributed by atoms with Gasteiger partial charge in [-0.3, -0.25) is 9.59 Å². The number of carbonyl (C=O) groups is 1. The number of aromatic nitrogens is 4. The molecule has 1 N–H and O–H groups in total. The number of hydrogen-bond donors (Lipinski definition) is 1. The van der Waals surface area contributed by atoms with Crippen LogP contribution in [0.2, 0.25) is 0 Å². The Morgan fingerprint density at radius 1 is 1.07 bits per heavy atom. The average Bonchev–Trinajstić information content (AvgIpc) is 3.24. The number of imidazole rings is 1. The predicted molar refractivity (Wildman–Crippen MR) is 106 cm³/mol. The van der Waals surface area contributed by atoms with Gasteiger partial charge in [0, 0.05) is 24.3 Å². The minimum absolute atomic E-state index is 0.142. The standard InChI is InChI=1S/C21H19N5O2/c27-20(14-26-21(28)18-9-5-4-8-17(18)12-23-26)24-19(13-25-11-10-22-15-25)16-6-2-1-3-7-16/h1-12,15,19H,13-14H2,(H,24,27)/t19-/m1/s1. The molecule has 7 heteroatoms. The number of rotatable bonds is 6. The zero-order valence-electron chi connectivity index (χ0n) is 15.1. The van der Waals surface area contributed by atoms with Crippen LogP contribution in [0.3, 0.4) is 0 Å². The second-order valence-electron chi connectivity index (χ2n) is 6.48. The van der Waals surface area contributed by atoms with Crippen molar-refractivity contribution in [2.45, 2.75) is 19.1 Å². The van der Waals surface area contributed by atoms with E-state index in [0.29, 0.717) is 11.9 Å². The molecule has 140 valence electrons. The molecular weight excluding hydrogens is 354 g/mol. The van der Waals surface area contributed by atoms with Crippen LogP contribution in [0.4, 0.5) is 0 Å². The maximum Gasteiger partial charge on any atom is 0.275 e. The molecule has 0 saturated heterocycles. The summed E-state index contributed by atoms with van der Waals surface area (Å²) in [4.78, 5) is 29.3. The van der Waals surface area contributed by atoms with Crippen molar-refractivity contribution in [2.24, 2.45) is 0 Å². The molecule has 0 spiro atoms. The third-order valence-corrected chi connectivity index (χ3v) is 4.54. The van der Waals surface area contributed by atoms with Gasteiger partial charge < -0.3 is 9.88 Å². The Bertz CT molecular complexity index is 1140. The van der Waals surface area contributed by atoms with Crippen LogP contribution >= 0.6 is 0 Å². The van der Waals surface area contributed by atoms with Crippen molar-refractivity contribution < 1.29 is 4.79 Å². The van der Waals surface area contributed by atoms with Gasteiger partial charge in [-0.15, -0.1) is 0 Å². The van der Waals surface area contributed by atoms with Crippen LogP contribution in [-0.4, -0.2) is 25.2 Å². The lowest BCUT2D eigenvalue weighted by atomic mass is 10.1. The third kappa shape index (κ3) is 3.83. The van der Waals surface area contributed by atoms with Gasteiger partial charge in [0.15, 0.2) is 0 Å². The molecule has 28 heavy (non-hydrogen) atoms. The molecule has 0 aliphatic rings. The largest absolute Gasteiger partial charge is 0.346 e. The van der Waals surface area contributed by atoms with Gasteiger partial charge in [-0.05, 0) is 11.6 Å². The van der Waals surface area contributed by atoms with E-state index in [2.05, 4.69) is 15.4 Å². The Hall–Kier alpha value is -3.74. The lowest BCUT2D eigenvalue weighted by Crippen LogP contribution is -2.37. The first kappa shape index (κ1) is 17.7. The predicted octanol–water partition coefficient (Wildman–Crippen LogP) is 2.15. The molecule has 7 nitrogen and oxygen atoms in total. The molecule has 0 aliphatic carbocycles. The first-order valence-corrected chi connectivity index (χ1v) is 8.95. The summed E-state index contributed by atoms with van der Waals surface area (Å²) in [7, 11) is 0. The molecule has 0 fully saturated rings. The van der Waals surface area contributed by atoms with Crippen LogP contribution in [-0.2, 0) is 17.9 Å². The van der Waals surface area contributed by atoms with Crippen molar-refractivity contribution in [1.82, 2.24) is 24.6 Å². The van der Waals surface area contributed by atoms with Gasteiger partial charge in [-0.2, -0.15) is 5.10 Å². The number of benzene rings is 2. The molecule has 1 amide bonds. The summed E-state index contributed by atoms with van der Waals surface area (Å²) >= 11 is 0. The van der Waals surface area contributed by atoms with Crippen LogP contribution in [0.25, 0.3) is 10.8 Å². The summed E-state index contributed by atoms with van der Waals surface area (Å²) in [5, 5.41) is 8.44. The molecule has 4 aromatic rings. The summed E-state index contributed by atoms with van der Waals surface area (Å²) < 4.78 is 3.09. The Labute approximate surface area is 161 Å². The van der Waals surface area contributed by atoms with Gasteiger partial charge in [-0.25, -0.2) is 9.67 Å². The summed E-state index contributed by atoms with van der Waals surface area (Å²) in [6, 6.07) is 16.7. The lowest BCUT2D eigenvalue weighted by Gasteiger charge is -2.20. The molecule has 0 saturated carbocycles. The topological polar surface area (TPSA) is 81.8 Å². The van der Waals surface area contributed by atoms with Crippen LogP contribution in [0.15, 0.2) is 84.3 Å². The monoisotopic (exact) mass is 373 g/mol. The SMILES string of the molecule is O=C(Cn1ncc2ccccc2c1=O)N[C@H](Cn1ccnc1)c1ccccc1. The van der Waals surface area contributed by atoms with E-state index in [1.807, 2.05) is 53.2 Å². The summed E-state index contributed by atoms with van der Waals surface area (Å²) in [5.74, 6) is -0.279. The number of nitrogens with one attached hydrogen (secondary N) is 1. The number of fused-ring (bicyclic) bond motifs is 1. The van der Waals surface area contributed by atoms with E-state index in [9.17, 15) is 9.59 Å². The first-order chi connectivity index (χ1) is 13.7. The van der Waals surface area contributed by atoms with Gasteiger partial charge in [0.2, 0.25) is 5.91 Å². The minimum Gasteiger partial charge on any atom is -0.346 e. The highest BCUT2D eigenvalue weighted by Gasteiger charge is 2.16. The highest BCUT2D eigenvalue weighted by molar-refractivity contribution is 5.81. The Morgan fingerprint density at radius 3 is 2.64 bits per heavy atom. The van der Waals surface area contributed by atoms with E-state index in [0.717, 1.165) is 10.9 Å². The van der Waals surface area contributed by atoms with Gasteiger partial charge >= 0.3 is 0 Å². The summed E-state index contributed by atoms with van der Waals surface area (Å²) in [6.07, 6.45) is 6.85. The molecule has 2 aromatic heterocycles. The van der Waals surface area contributed by atoms with Crippen LogP contribution in [0.1, 0.15) is 11.6 Å². The van der Waals surface area contributed by atoms with E-state index in [4.69, 9.17) is 0 Å². The fourth-order valence-electron chi connectivity index (χ4n) is 3.14. The van der Waals surface area contributed by atoms with Crippen LogP contribution < -0.4 is 10.9 Å². The van der Waals surface area contributed by atoms with E-state index >= 15 is 0 Å². The highest BCUT2D eigenvalue weighted by atomic mass is 16.2. The zero-order chi connectivity index (χ0) is 19.3. The second-order valence-corrected chi connectivity index (χ2v) is 6.48. The average molecular weight is 373 g/mol. The van der Waals surface area contributed by atoms with Crippen LogP contribution in [0.5, 0.6) is 0 Å². The fraction of sp³-hybridized carbons (Fsp3) is 0.143. The van der Waals surface area contributed by atoms with E-state index < -0.39 is 0 Å². The van der Waals surface area contributed by atoms with Gasteiger partial charge in [-0.1, -0.05) is 48.5 Å². The first-order valence-electron chi connectivity index (χ1n) is 8.95. The molecule has 1 atom stereocenters. The molecular formula is C21H19N5O2. The molecule has 0 aliphatic heterocycles. The number of carbonyl (C=O) groups excluding carboxylic acids is 1. The molecule has 4 rings (SSSR count). The second kappa shape index (κ2) is 7.87. The number of hydrogen-bond acceptors (Lipinski definition) is 4. The van der Waals surface area contributed by atoms with Crippen molar-refractivity contribution in [3.05, 3.63) is 95.4 Å². The molecule has 0 bridgehead atoms. The van der Waals surface area contributed by atoms with E-state index in [-0.39, 0.29) is 24.1 Å². The lowest BCUT2D eigenvalue weighted by molar-refractivity contribution is -0.122. The Balaban J connectivity index is 1.55. The fourth-order valence-corrected chi connectivity index (χ4v) is 3.14. The number of nitrogens with zero attached hydrogens (tertiary/aromatic N) is 4. The molecule has 0 radical (unpaired) electrons. The zero-order valence-corrected chi connectivity index (χ0v) is 15.1. The smallest absolute Gasteiger partial charge is 0.275 e. The van der Waals surface area contributed by atoms with Crippen molar-refractivity contribution in [3.8, 4) is 0 Å². The Morgan fingerprint density at radius 2 is 1.86 bits per heavy atom. The quantitative estimate of drug-likeness (QED) is 0.561. The third-order valence-electron chi connectivity index (χ3n) is 4.54. The summed E-state index contributed by atoms with van der Waals surface area (Å²) in [5.41, 5.74) is 0.697. The summed E-state index contributed by atoms with van der Waals surface area (Å²) in [6.45, 7) is 0.396. The van der Waals surface area contributed by atoms with Gasteiger partial charge in [0.1, 0.15) is 6.54 Å². The highest BCUT2D eigenvalue weighted by Crippen LogP contribution is 2.15. The normalized spacial score (nSPS) is 12.0. The van der Waals surface area contributed by atoms with Gasteiger partial charge in [0.25, 0.3) is 5.56 Å². The van der Waals surface area contributed by atoms with E-state index in [1.54, 1.807) is 30.9 Å². The maximum absolute atomic E-state index is 12.7. The van der Waals surface area contributed by atoms with Gasteiger partial charge in [0.05, 0.1) is 24.0 Å². The molecule has 2 heterocycles. The van der Waals surface area contributed by atoms with Crippen molar-refractivity contribution in [2.75, 3.05) is 0 Å². The Kier molecular flexibility index (Phi) is 4.97. The molecule has 2 aromatic carbocycles. The van der Waals surface area contributed by atoms with Crippen LogP contribution in [0, 0.1) is 0 Å². The molecule has 0 unspecified atom stereocenters. The van der Waals surface area contributed by atoms with Crippen molar-refractivity contribution in [1.29, 1.82) is 0 Å². The van der Waals surface area contributed by atoms with Crippen molar-refractivity contribution in [3.63, 3.8) is 0 Å². The maximum atomic E-state index is 12.7. The van der Waals surface area contributed by atoms with E-state index in [1.165, 1.54) is 4.68 Å².